The van der Waals surface area contributed by atoms with Gasteiger partial charge in [0.2, 0.25) is 0 Å². The highest BCUT2D eigenvalue weighted by atomic mass is 17.0. The van der Waals surface area contributed by atoms with Crippen LogP contribution < -0.4 is 0 Å². The van der Waals surface area contributed by atoms with E-state index in [-0.39, 0.29) is 0 Å². The fourth-order valence-electron chi connectivity index (χ4n) is 0.397. The average Bonchev–Trinajstić information content (AvgIpc) is 2.14. The van der Waals surface area contributed by atoms with Crippen LogP contribution in [0.4, 0.5) is 0 Å². The lowest BCUT2D eigenvalue weighted by molar-refractivity contribution is -0.259. The topological polar surface area (TPSA) is 21.7 Å². The highest BCUT2D eigenvalue weighted by molar-refractivity contribution is 4.55. The molecule has 1 rings (SSSR count). The molecule has 0 atom stereocenters. The minimum atomic E-state index is 0.631. The van der Waals surface area contributed by atoms with Gasteiger partial charge in [0.1, 0.15) is 13.2 Å². The van der Waals surface area contributed by atoms with Crippen LogP contribution in [0.15, 0.2) is 12.8 Å². The summed E-state index contributed by atoms with van der Waals surface area (Å²) in [7, 11) is 0. The second-order valence-electron chi connectivity index (χ2n) is 1.13. The summed E-state index contributed by atoms with van der Waals surface area (Å²) in [6, 6.07) is 0. The first kappa shape index (κ1) is 4.61. The van der Waals surface area contributed by atoms with Gasteiger partial charge in [-0.15, -0.1) is 5.23 Å². The molecular weight excluding hydrogens is 94.0 g/mol. The van der Waals surface area contributed by atoms with E-state index in [2.05, 4.69) is 6.58 Å². The second kappa shape index (κ2) is 1.95. The minimum Gasteiger partial charge on any atom is -0.247 e. The largest absolute Gasteiger partial charge is 0.247 e. The number of rotatable bonds is 1. The van der Waals surface area contributed by atoms with Crippen molar-refractivity contribution in [1.82, 2.24) is 5.23 Å². The van der Waals surface area contributed by atoms with Gasteiger partial charge in [-0.2, -0.15) is 0 Å². The zero-order valence-electron chi connectivity index (χ0n) is 3.96. The maximum atomic E-state index is 4.80. The Labute approximate surface area is 42.0 Å². The summed E-state index contributed by atoms with van der Waals surface area (Å²) >= 11 is 0. The van der Waals surface area contributed by atoms with E-state index in [1.165, 1.54) is 11.4 Å². The van der Waals surface area contributed by atoms with Crippen molar-refractivity contribution in [1.29, 1.82) is 0 Å². The highest BCUT2D eigenvalue weighted by Crippen LogP contribution is 1.99. The van der Waals surface area contributed by atoms with Crippen LogP contribution in [0.2, 0.25) is 0 Å². The molecule has 0 aliphatic carbocycles. The van der Waals surface area contributed by atoms with Gasteiger partial charge in [0.25, 0.3) is 0 Å². The van der Waals surface area contributed by atoms with Crippen LogP contribution in [0.25, 0.3) is 0 Å². The Morgan fingerprint density at radius 1 is 1.43 bits per heavy atom. The van der Waals surface area contributed by atoms with Crippen LogP contribution in [0.1, 0.15) is 0 Å². The number of hydroxylamine groups is 2. The fraction of sp³-hybridized carbons (Fsp3) is 0.500. The Hall–Kier alpha value is -0.540. The van der Waals surface area contributed by atoms with E-state index in [9.17, 15) is 0 Å². The molecule has 0 bridgehead atoms. The second-order valence-corrected chi connectivity index (χ2v) is 1.13. The fourth-order valence-corrected chi connectivity index (χ4v) is 0.397. The van der Waals surface area contributed by atoms with Crippen LogP contribution in [0.3, 0.4) is 0 Å². The Morgan fingerprint density at radius 2 is 2.00 bits per heavy atom. The predicted molar refractivity (Wildman–Crippen MR) is 23.9 cm³/mol. The Bertz CT molecular complexity index is 68.1. The minimum absolute atomic E-state index is 0.631. The van der Waals surface area contributed by atoms with Crippen molar-refractivity contribution in [3.8, 4) is 0 Å². The zero-order chi connectivity index (χ0) is 5.11. The molecule has 0 spiro atoms. The number of hydrogen-bond acceptors (Lipinski definition) is 3. The SMILES string of the molecule is C=CN1OCCO1. The summed E-state index contributed by atoms with van der Waals surface area (Å²) in [6.45, 7) is 4.68. The van der Waals surface area contributed by atoms with E-state index in [0.717, 1.165) is 0 Å². The van der Waals surface area contributed by atoms with Crippen molar-refractivity contribution in [2.45, 2.75) is 0 Å². The molecule has 1 aliphatic heterocycles. The predicted octanol–water partition coefficient (Wildman–Crippen LogP) is 0.309. The van der Waals surface area contributed by atoms with Crippen molar-refractivity contribution >= 4 is 0 Å². The van der Waals surface area contributed by atoms with Gasteiger partial charge in [0.05, 0.1) is 6.20 Å². The van der Waals surface area contributed by atoms with Gasteiger partial charge >= 0.3 is 0 Å². The third-order valence-electron chi connectivity index (χ3n) is 0.669. The van der Waals surface area contributed by atoms with Crippen molar-refractivity contribution in [3.05, 3.63) is 12.8 Å². The maximum Gasteiger partial charge on any atom is 0.104 e. The summed E-state index contributed by atoms with van der Waals surface area (Å²) in [5.41, 5.74) is 0. The lowest BCUT2D eigenvalue weighted by Gasteiger charge is -2.04. The van der Waals surface area contributed by atoms with Gasteiger partial charge in [-0.25, -0.2) is 9.68 Å². The molecule has 40 valence electrons. The smallest absolute Gasteiger partial charge is 0.104 e. The third-order valence-corrected chi connectivity index (χ3v) is 0.669. The molecule has 7 heavy (non-hydrogen) atoms. The Balaban J connectivity index is 2.26. The Kier molecular flexibility index (Phi) is 1.29. The van der Waals surface area contributed by atoms with E-state index in [1.807, 2.05) is 0 Å². The van der Waals surface area contributed by atoms with Crippen LogP contribution in [-0.4, -0.2) is 18.4 Å². The van der Waals surface area contributed by atoms with Gasteiger partial charge in [-0.3, -0.25) is 0 Å². The zero-order valence-corrected chi connectivity index (χ0v) is 3.96. The lowest BCUT2D eigenvalue weighted by atomic mass is 10.8. The van der Waals surface area contributed by atoms with E-state index >= 15 is 0 Å². The molecule has 3 nitrogen and oxygen atoms in total. The van der Waals surface area contributed by atoms with Crippen molar-refractivity contribution in [2.75, 3.05) is 13.2 Å². The van der Waals surface area contributed by atoms with E-state index < -0.39 is 0 Å². The highest BCUT2D eigenvalue weighted by Gasteiger charge is 2.05. The van der Waals surface area contributed by atoms with Crippen molar-refractivity contribution < 1.29 is 9.68 Å². The molecule has 0 aromatic carbocycles. The van der Waals surface area contributed by atoms with E-state index in [1.54, 1.807) is 0 Å². The van der Waals surface area contributed by atoms with Gasteiger partial charge in [-0.05, 0) is 0 Å². The van der Waals surface area contributed by atoms with E-state index in [0.29, 0.717) is 13.2 Å². The molecule has 1 saturated heterocycles. The summed E-state index contributed by atoms with van der Waals surface area (Å²) in [5.74, 6) is 0. The standard InChI is InChI=1S/C4H7NO2/c1-2-5-6-3-4-7-5/h2H,1,3-4H2. The van der Waals surface area contributed by atoms with Crippen LogP contribution in [-0.2, 0) is 9.68 Å². The van der Waals surface area contributed by atoms with E-state index in [4.69, 9.17) is 9.68 Å². The molecular formula is C4H7NO2. The number of hydrogen-bond donors (Lipinski definition) is 0. The van der Waals surface area contributed by atoms with Crippen molar-refractivity contribution in [3.63, 3.8) is 0 Å². The molecule has 0 radical (unpaired) electrons. The first-order valence-electron chi connectivity index (χ1n) is 2.11. The molecule has 1 aliphatic rings. The van der Waals surface area contributed by atoms with Crippen LogP contribution in [0.5, 0.6) is 0 Å². The first-order chi connectivity index (χ1) is 3.43. The number of nitrogens with zero attached hydrogens (tertiary/aromatic N) is 1. The maximum absolute atomic E-state index is 4.80. The van der Waals surface area contributed by atoms with Crippen molar-refractivity contribution in [2.24, 2.45) is 0 Å². The van der Waals surface area contributed by atoms with Crippen LogP contribution >= 0.6 is 0 Å². The lowest BCUT2D eigenvalue weighted by Crippen LogP contribution is -2.05. The monoisotopic (exact) mass is 101 g/mol. The first-order valence-corrected chi connectivity index (χ1v) is 2.11. The molecule has 0 aromatic heterocycles. The molecule has 0 aromatic rings. The summed E-state index contributed by atoms with van der Waals surface area (Å²) < 4.78 is 0. The molecule has 1 fully saturated rings. The molecule has 1 heterocycles. The quantitative estimate of drug-likeness (QED) is 0.474. The van der Waals surface area contributed by atoms with Gasteiger partial charge < -0.3 is 0 Å². The summed E-state index contributed by atoms with van der Waals surface area (Å²) in [4.78, 5) is 9.59. The van der Waals surface area contributed by atoms with Gasteiger partial charge in [0.15, 0.2) is 0 Å². The molecule has 0 unspecified atom stereocenters. The third kappa shape index (κ3) is 0.913. The summed E-state index contributed by atoms with van der Waals surface area (Å²) in [6.07, 6.45) is 1.48. The molecule has 0 amide bonds. The average molecular weight is 101 g/mol. The van der Waals surface area contributed by atoms with Crippen LogP contribution in [0, 0.1) is 0 Å². The molecule has 0 N–H and O–H groups in total. The molecule has 3 heteroatoms. The normalized spacial score (nSPS) is 20.3. The molecule has 0 saturated carbocycles. The summed E-state index contributed by atoms with van der Waals surface area (Å²) in [5, 5.41) is 1.25. The van der Waals surface area contributed by atoms with Gasteiger partial charge in [0, 0.05) is 0 Å². The van der Waals surface area contributed by atoms with Gasteiger partial charge in [-0.1, -0.05) is 6.58 Å². The Morgan fingerprint density at radius 3 is 2.29 bits per heavy atom.